The Balaban J connectivity index is 1.46. The minimum atomic E-state index is -0.289. The highest BCUT2D eigenvalue weighted by Gasteiger charge is 2.29. The van der Waals surface area contributed by atoms with Crippen LogP contribution in [0.5, 0.6) is 0 Å². The Morgan fingerprint density at radius 2 is 1.91 bits per heavy atom. The van der Waals surface area contributed by atoms with Crippen molar-refractivity contribution in [2.24, 2.45) is 0 Å². The van der Waals surface area contributed by atoms with Gasteiger partial charge in [-0.3, -0.25) is 9.78 Å². The summed E-state index contributed by atoms with van der Waals surface area (Å²) in [6.45, 7) is 0.586. The van der Waals surface area contributed by atoms with Gasteiger partial charge in [-0.25, -0.2) is 15.2 Å². The monoisotopic (exact) mass is 314 g/mol. The fourth-order valence-electron chi connectivity index (χ4n) is 2.64. The third-order valence-electron chi connectivity index (χ3n) is 3.95. The molecule has 2 heterocycles. The number of nitrogens with zero attached hydrogens (tertiary/aromatic N) is 1. The van der Waals surface area contributed by atoms with E-state index >= 15 is 0 Å². The zero-order chi connectivity index (χ0) is 16.1. The molecule has 5 nitrogen and oxygen atoms in total. The van der Waals surface area contributed by atoms with Crippen LogP contribution in [0.4, 0.5) is 4.39 Å². The number of halogens is 1. The van der Waals surface area contributed by atoms with E-state index in [2.05, 4.69) is 21.2 Å². The van der Waals surface area contributed by atoms with E-state index in [1.165, 1.54) is 12.1 Å². The maximum atomic E-state index is 13.0. The van der Waals surface area contributed by atoms with Crippen LogP contribution in [-0.2, 0) is 11.2 Å². The lowest BCUT2D eigenvalue weighted by molar-refractivity contribution is -0.122. The summed E-state index contributed by atoms with van der Waals surface area (Å²) in [6, 6.07) is 9.92. The number of nitrogens with one attached hydrogen (secondary N) is 3. The van der Waals surface area contributed by atoms with Gasteiger partial charge in [0, 0.05) is 25.0 Å². The molecule has 3 N–H and O–H groups in total. The van der Waals surface area contributed by atoms with E-state index in [1.807, 2.05) is 12.1 Å². The molecular weight excluding hydrogens is 295 g/mol. The Labute approximate surface area is 134 Å². The van der Waals surface area contributed by atoms with E-state index < -0.39 is 0 Å². The van der Waals surface area contributed by atoms with Gasteiger partial charge in [0.2, 0.25) is 5.91 Å². The van der Waals surface area contributed by atoms with Crippen LogP contribution in [0.25, 0.3) is 0 Å². The zero-order valence-electron chi connectivity index (χ0n) is 12.6. The molecule has 2 unspecified atom stereocenters. The summed E-state index contributed by atoms with van der Waals surface area (Å²) in [5, 5.41) is 2.93. The van der Waals surface area contributed by atoms with E-state index in [-0.39, 0.29) is 23.8 Å². The Kier molecular flexibility index (Phi) is 4.95. The average Bonchev–Trinajstić information content (AvgIpc) is 3.06. The lowest BCUT2D eigenvalue weighted by atomic mass is 10.0. The number of amides is 1. The molecule has 0 bridgehead atoms. The molecule has 1 fully saturated rings. The largest absolute Gasteiger partial charge is 0.354 e. The number of carbonyl (C=O) groups is 1. The molecule has 0 spiro atoms. The predicted molar refractivity (Wildman–Crippen MR) is 84.8 cm³/mol. The van der Waals surface area contributed by atoms with Crippen LogP contribution in [0, 0.1) is 5.82 Å². The summed E-state index contributed by atoms with van der Waals surface area (Å²) in [5.74, 6) is -0.290. The standard InChI is InChI=1S/C17H19FN4O/c18-14-3-1-13(2-4-14)15-11-16(22-21-15)17(23)20-10-7-12-5-8-19-9-6-12/h1-6,8-9,15-16,21-22H,7,10-11H2,(H,20,23). The lowest BCUT2D eigenvalue weighted by Crippen LogP contribution is -2.43. The fraction of sp³-hybridized carbons (Fsp3) is 0.294. The fourth-order valence-corrected chi connectivity index (χ4v) is 2.64. The highest BCUT2D eigenvalue weighted by Crippen LogP contribution is 2.22. The molecule has 1 aliphatic heterocycles. The molecule has 0 aliphatic carbocycles. The topological polar surface area (TPSA) is 66.0 Å². The first-order chi connectivity index (χ1) is 11.2. The zero-order valence-corrected chi connectivity index (χ0v) is 12.6. The Morgan fingerprint density at radius 1 is 1.17 bits per heavy atom. The third-order valence-corrected chi connectivity index (χ3v) is 3.95. The van der Waals surface area contributed by atoms with E-state index in [0.717, 1.165) is 17.5 Å². The highest BCUT2D eigenvalue weighted by atomic mass is 19.1. The van der Waals surface area contributed by atoms with Crippen LogP contribution < -0.4 is 16.2 Å². The van der Waals surface area contributed by atoms with Crippen LogP contribution >= 0.6 is 0 Å². The van der Waals surface area contributed by atoms with Gasteiger partial charge in [0.15, 0.2) is 0 Å². The van der Waals surface area contributed by atoms with Gasteiger partial charge < -0.3 is 5.32 Å². The van der Waals surface area contributed by atoms with Gasteiger partial charge in [-0.1, -0.05) is 12.1 Å². The average molecular weight is 314 g/mol. The first-order valence-electron chi connectivity index (χ1n) is 7.65. The number of pyridine rings is 1. The van der Waals surface area contributed by atoms with Gasteiger partial charge in [-0.2, -0.15) is 0 Å². The molecule has 1 saturated heterocycles. The van der Waals surface area contributed by atoms with Crippen molar-refractivity contribution in [1.82, 2.24) is 21.2 Å². The second-order valence-electron chi connectivity index (χ2n) is 5.58. The normalized spacial score (nSPS) is 20.4. The van der Waals surface area contributed by atoms with Crippen LogP contribution in [0.2, 0.25) is 0 Å². The van der Waals surface area contributed by atoms with Gasteiger partial charge in [-0.15, -0.1) is 0 Å². The maximum absolute atomic E-state index is 13.0. The molecule has 2 aromatic rings. The molecule has 23 heavy (non-hydrogen) atoms. The van der Waals surface area contributed by atoms with Crippen molar-refractivity contribution in [1.29, 1.82) is 0 Å². The SMILES string of the molecule is O=C(NCCc1ccncc1)C1CC(c2ccc(F)cc2)NN1. The molecule has 1 amide bonds. The van der Waals surface area contributed by atoms with Crippen molar-refractivity contribution in [3.63, 3.8) is 0 Å². The summed E-state index contributed by atoms with van der Waals surface area (Å²) >= 11 is 0. The molecule has 0 saturated carbocycles. The quantitative estimate of drug-likeness (QED) is 0.782. The smallest absolute Gasteiger partial charge is 0.238 e. The van der Waals surface area contributed by atoms with Crippen LogP contribution in [-0.4, -0.2) is 23.5 Å². The summed E-state index contributed by atoms with van der Waals surface area (Å²) in [7, 11) is 0. The van der Waals surface area contributed by atoms with Gasteiger partial charge in [0.05, 0.1) is 0 Å². The number of aromatic nitrogens is 1. The van der Waals surface area contributed by atoms with Crippen molar-refractivity contribution < 1.29 is 9.18 Å². The highest BCUT2D eigenvalue weighted by molar-refractivity contribution is 5.82. The second-order valence-corrected chi connectivity index (χ2v) is 5.58. The van der Waals surface area contributed by atoms with Crippen LogP contribution in [0.3, 0.4) is 0 Å². The molecule has 120 valence electrons. The summed E-state index contributed by atoms with van der Waals surface area (Å²) < 4.78 is 13.0. The summed E-state index contributed by atoms with van der Waals surface area (Å²) in [6.07, 6.45) is 4.89. The molecule has 6 heteroatoms. The Morgan fingerprint density at radius 3 is 2.65 bits per heavy atom. The first kappa shape index (κ1) is 15.6. The molecule has 2 atom stereocenters. The van der Waals surface area contributed by atoms with Crippen LogP contribution in [0.1, 0.15) is 23.6 Å². The molecule has 0 radical (unpaired) electrons. The number of hydrogen-bond acceptors (Lipinski definition) is 4. The van der Waals surface area contributed by atoms with Gasteiger partial charge >= 0.3 is 0 Å². The predicted octanol–water partition coefficient (Wildman–Crippen LogP) is 1.49. The lowest BCUT2D eigenvalue weighted by Gasteiger charge is -2.11. The first-order valence-corrected chi connectivity index (χ1v) is 7.65. The number of rotatable bonds is 5. The summed E-state index contributed by atoms with van der Waals surface area (Å²) in [5.41, 5.74) is 8.20. The molecule has 3 rings (SSSR count). The van der Waals surface area contributed by atoms with Crippen molar-refractivity contribution in [3.8, 4) is 0 Å². The summed E-state index contributed by atoms with van der Waals surface area (Å²) in [4.78, 5) is 16.1. The van der Waals surface area contributed by atoms with Crippen LogP contribution in [0.15, 0.2) is 48.8 Å². The second kappa shape index (κ2) is 7.30. The third kappa shape index (κ3) is 4.12. The number of hydrogen-bond donors (Lipinski definition) is 3. The van der Waals surface area contributed by atoms with Crippen molar-refractivity contribution in [2.75, 3.05) is 6.54 Å². The molecule has 1 aliphatic rings. The van der Waals surface area contributed by atoms with Crippen molar-refractivity contribution >= 4 is 5.91 Å². The van der Waals surface area contributed by atoms with Gasteiger partial charge in [-0.05, 0) is 48.2 Å². The number of benzene rings is 1. The van der Waals surface area contributed by atoms with E-state index in [1.54, 1.807) is 24.5 Å². The Bertz CT molecular complexity index is 647. The van der Waals surface area contributed by atoms with E-state index in [9.17, 15) is 9.18 Å². The minimum Gasteiger partial charge on any atom is -0.354 e. The van der Waals surface area contributed by atoms with Crippen molar-refractivity contribution in [2.45, 2.75) is 24.9 Å². The molecular formula is C17H19FN4O. The minimum absolute atomic E-state index is 0.00606. The molecule has 1 aromatic carbocycles. The van der Waals surface area contributed by atoms with Crippen molar-refractivity contribution in [3.05, 3.63) is 65.7 Å². The number of carbonyl (C=O) groups excluding carboxylic acids is 1. The van der Waals surface area contributed by atoms with E-state index in [4.69, 9.17) is 0 Å². The Hall–Kier alpha value is -2.31. The van der Waals surface area contributed by atoms with Gasteiger partial charge in [0.25, 0.3) is 0 Å². The molecule has 1 aromatic heterocycles. The maximum Gasteiger partial charge on any atom is 0.238 e. The van der Waals surface area contributed by atoms with Gasteiger partial charge in [0.1, 0.15) is 11.9 Å². The van der Waals surface area contributed by atoms with E-state index in [0.29, 0.717) is 13.0 Å². The number of hydrazine groups is 1.